The molecule has 0 fully saturated rings. The molecular formula is C48H42F18N2O8. The van der Waals surface area contributed by atoms with Crippen LogP contribution in [0.2, 0.25) is 0 Å². The van der Waals surface area contributed by atoms with E-state index in [-0.39, 0.29) is 48.9 Å². The van der Waals surface area contributed by atoms with Gasteiger partial charge in [0.05, 0.1) is 27.9 Å². The van der Waals surface area contributed by atoms with Crippen molar-refractivity contribution in [1.82, 2.24) is 5.32 Å². The molecule has 418 valence electrons. The van der Waals surface area contributed by atoms with Crippen molar-refractivity contribution in [2.24, 2.45) is 0 Å². The van der Waals surface area contributed by atoms with Crippen LogP contribution in [-0.2, 0) is 28.5 Å². The fraction of sp³-hybridized carbons (Fsp3) is 0.417. The number of amides is 2. The summed E-state index contributed by atoms with van der Waals surface area (Å²) in [5, 5.41) is 44.7. The summed E-state index contributed by atoms with van der Waals surface area (Å²) >= 11 is 0. The number of hydrogen-bond acceptors (Lipinski definition) is 6. The summed E-state index contributed by atoms with van der Waals surface area (Å²) in [6.45, 7) is 8.05. The molecule has 4 aromatic carbocycles. The van der Waals surface area contributed by atoms with Crippen molar-refractivity contribution in [3.63, 3.8) is 0 Å². The monoisotopic (exact) mass is 1120 g/mol. The number of carbonyl (C=O) groups is 4. The van der Waals surface area contributed by atoms with Crippen LogP contribution in [0, 0.1) is 13.8 Å². The van der Waals surface area contributed by atoms with E-state index in [4.69, 9.17) is 0 Å². The van der Waals surface area contributed by atoms with Crippen molar-refractivity contribution in [3.05, 3.63) is 133 Å². The molecule has 0 saturated heterocycles. The number of nitrogens with one attached hydrogen (secondary N) is 2. The van der Waals surface area contributed by atoms with E-state index in [1.807, 2.05) is 0 Å². The van der Waals surface area contributed by atoms with Crippen LogP contribution in [0.5, 0.6) is 0 Å². The summed E-state index contributed by atoms with van der Waals surface area (Å²) in [7, 11) is 0. The molecule has 0 aliphatic carbocycles. The molecule has 0 saturated carbocycles. The van der Waals surface area contributed by atoms with E-state index < -0.39 is 179 Å². The van der Waals surface area contributed by atoms with Crippen LogP contribution < -0.4 is 10.6 Å². The van der Waals surface area contributed by atoms with Crippen LogP contribution in [0.4, 0.5) is 84.7 Å². The highest BCUT2D eigenvalue weighted by Crippen LogP contribution is 2.58. The SMILES string of the molecule is CCC(C)(C)c1c(C)cc(Cc2cc(C)c(NC(=O)c3ccc(C(c4ccc(C(=O)NC(C)C)c(C(=O)O)c4)(C(F)(F)F)C(F)(F)F)cc3C(=O)O)c(C(O)(C(F)(F)F)C(F)(F)F)c2)cc1C(O)(C(F)(F)F)C(F)(F)F. The molecule has 0 atom stereocenters. The topological polar surface area (TPSA) is 173 Å². The van der Waals surface area contributed by atoms with Gasteiger partial charge in [0.2, 0.25) is 5.41 Å². The summed E-state index contributed by atoms with van der Waals surface area (Å²) in [4.78, 5) is 51.3. The van der Waals surface area contributed by atoms with Gasteiger partial charge in [0, 0.05) is 17.2 Å². The van der Waals surface area contributed by atoms with Crippen molar-refractivity contribution in [3.8, 4) is 0 Å². The van der Waals surface area contributed by atoms with E-state index in [9.17, 15) is 92.3 Å². The number of carbonyl (C=O) groups excluding carboxylic acids is 2. The molecule has 0 radical (unpaired) electrons. The first-order valence-corrected chi connectivity index (χ1v) is 21.6. The number of benzene rings is 4. The van der Waals surface area contributed by atoms with Gasteiger partial charge in [-0.15, -0.1) is 0 Å². The maximum atomic E-state index is 15.2. The van der Waals surface area contributed by atoms with Gasteiger partial charge >= 0.3 is 49.0 Å². The maximum Gasteiger partial charge on any atom is 0.430 e. The Morgan fingerprint density at radius 3 is 1.24 bits per heavy atom. The summed E-state index contributed by atoms with van der Waals surface area (Å²) in [6.07, 6.45) is -41.4. The molecule has 10 nitrogen and oxygen atoms in total. The Balaban J connectivity index is 2.06. The molecule has 0 aliphatic rings. The minimum atomic E-state index is -6.87. The summed E-state index contributed by atoms with van der Waals surface area (Å²) in [5.41, 5.74) is -38.4. The summed E-state index contributed by atoms with van der Waals surface area (Å²) < 4.78 is 266. The van der Waals surface area contributed by atoms with Crippen LogP contribution in [-0.4, -0.2) is 87.3 Å². The highest BCUT2D eigenvalue weighted by atomic mass is 19.4. The Kier molecular flexibility index (Phi) is 16.4. The van der Waals surface area contributed by atoms with E-state index in [1.54, 1.807) is 0 Å². The Labute approximate surface area is 417 Å². The highest BCUT2D eigenvalue weighted by Gasteiger charge is 2.75. The molecule has 2 amide bonds. The van der Waals surface area contributed by atoms with Gasteiger partial charge in [-0.1, -0.05) is 51.1 Å². The first kappa shape index (κ1) is 62.0. The second-order valence-electron chi connectivity index (χ2n) is 18.5. The second kappa shape index (κ2) is 20.1. The van der Waals surface area contributed by atoms with Gasteiger partial charge in [-0.25, -0.2) is 9.59 Å². The van der Waals surface area contributed by atoms with Gasteiger partial charge in [0.25, 0.3) is 23.0 Å². The lowest BCUT2D eigenvalue weighted by Crippen LogP contribution is -2.55. The second-order valence-corrected chi connectivity index (χ2v) is 18.5. The third-order valence-electron chi connectivity index (χ3n) is 12.5. The van der Waals surface area contributed by atoms with Gasteiger partial charge in [0.15, 0.2) is 0 Å². The molecule has 0 unspecified atom stereocenters. The van der Waals surface area contributed by atoms with Crippen molar-refractivity contribution in [2.75, 3.05) is 5.32 Å². The van der Waals surface area contributed by atoms with Gasteiger partial charge in [-0.2, -0.15) is 79.0 Å². The number of hydrogen-bond donors (Lipinski definition) is 6. The Hall–Kier alpha value is -6.58. The molecule has 0 bridgehead atoms. The van der Waals surface area contributed by atoms with Crippen molar-refractivity contribution in [2.45, 2.75) is 126 Å². The van der Waals surface area contributed by atoms with E-state index in [0.29, 0.717) is 13.0 Å². The zero-order valence-corrected chi connectivity index (χ0v) is 40.0. The zero-order valence-electron chi connectivity index (χ0n) is 40.0. The molecule has 0 spiro atoms. The van der Waals surface area contributed by atoms with E-state index in [2.05, 4.69) is 5.32 Å². The molecule has 0 aromatic heterocycles. The molecule has 4 aromatic rings. The number of rotatable bonds is 14. The predicted molar refractivity (Wildman–Crippen MR) is 231 cm³/mol. The molecular weight excluding hydrogens is 1070 g/mol. The van der Waals surface area contributed by atoms with Crippen molar-refractivity contribution < 1.29 is 119 Å². The largest absolute Gasteiger partial charge is 0.478 e. The summed E-state index contributed by atoms with van der Waals surface area (Å²) in [5.74, 6) is -8.27. The van der Waals surface area contributed by atoms with Crippen LogP contribution >= 0.6 is 0 Å². The van der Waals surface area contributed by atoms with Crippen LogP contribution in [0.3, 0.4) is 0 Å². The number of alkyl halides is 18. The number of halogens is 18. The molecule has 76 heavy (non-hydrogen) atoms. The smallest absolute Gasteiger partial charge is 0.430 e. The first-order valence-electron chi connectivity index (χ1n) is 21.6. The van der Waals surface area contributed by atoms with Crippen LogP contribution in [0.1, 0.15) is 133 Å². The quantitative estimate of drug-likeness (QED) is 0.0677. The number of aliphatic hydroxyl groups is 2. The lowest BCUT2D eigenvalue weighted by molar-refractivity contribution is -0.376. The molecule has 28 heteroatoms. The van der Waals surface area contributed by atoms with E-state index >= 15 is 26.3 Å². The van der Waals surface area contributed by atoms with Crippen molar-refractivity contribution in [1.29, 1.82) is 0 Å². The molecule has 4 rings (SSSR count). The third-order valence-corrected chi connectivity index (χ3v) is 12.5. The van der Waals surface area contributed by atoms with Crippen LogP contribution in [0.25, 0.3) is 0 Å². The lowest BCUT2D eigenvalue weighted by atomic mass is 9.71. The maximum absolute atomic E-state index is 15.2. The lowest BCUT2D eigenvalue weighted by Gasteiger charge is -2.39. The minimum Gasteiger partial charge on any atom is -0.478 e. The number of aromatic carboxylic acids is 2. The predicted octanol–water partition coefficient (Wildman–Crippen LogP) is 12.4. The highest BCUT2D eigenvalue weighted by molar-refractivity contribution is 6.11. The normalized spacial score (nSPS) is 13.7. The average molecular weight is 1120 g/mol. The zero-order chi connectivity index (χ0) is 58.9. The number of anilines is 1. The van der Waals surface area contributed by atoms with Gasteiger partial charge in [-0.05, 0) is 115 Å². The van der Waals surface area contributed by atoms with Gasteiger partial charge < -0.3 is 31.1 Å². The number of carboxylic acid groups (broad SMARTS) is 2. The first-order chi connectivity index (χ1) is 34.1. The van der Waals surface area contributed by atoms with Gasteiger partial charge in [0.1, 0.15) is 0 Å². The Morgan fingerprint density at radius 2 is 0.882 bits per heavy atom. The van der Waals surface area contributed by atoms with E-state index in [1.165, 1.54) is 39.9 Å². The fourth-order valence-electron chi connectivity index (χ4n) is 8.72. The average Bonchev–Trinajstić information content (AvgIpc) is 3.23. The third kappa shape index (κ3) is 10.7. The van der Waals surface area contributed by atoms with E-state index in [0.717, 1.165) is 13.0 Å². The molecule has 0 aliphatic heterocycles. The molecule has 6 N–H and O–H groups in total. The van der Waals surface area contributed by atoms with Crippen LogP contribution in [0.15, 0.2) is 60.7 Å². The number of carboxylic acids is 2. The Bertz CT molecular complexity index is 2890. The fourth-order valence-corrected chi connectivity index (χ4v) is 8.72. The number of aryl methyl sites for hydroxylation is 2. The molecule has 0 heterocycles. The van der Waals surface area contributed by atoms with Crippen molar-refractivity contribution >= 4 is 29.4 Å². The van der Waals surface area contributed by atoms with Gasteiger partial charge in [-0.3, -0.25) is 9.59 Å². The standard InChI is InChI=1S/C48H42F18N2O8/c1-8-39(6,7)33-21(4)13-23(16-31(33)41(75,45(55,56)57)46(58,59)60)15-24-14-22(5)34(32(17-24)42(76,47(61,62)63)48(64,65)66)68-36(70)28-12-10-26(19-30(28)38(73)74)40(43(49,50)51,44(52,53)54)25-9-11-27(29(18-25)37(71)72)35(69)67-20(2)3/h9-14,16-20,75-76H,8,15H2,1-7H3,(H,67,69)(H,68,70)(H,71,72)(H,73,74). The summed E-state index contributed by atoms with van der Waals surface area (Å²) in [6, 6.07) is 0.142. The Morgan fingerprint density at radius 1 is 0.513 bits per heavy atom. The minimum absolute atomic E-state index is 0.0350.